The maximum Gasteiger partial charge on any atom is 0.164 e. The van der Waals surface area contributed by atoms with E-state index in [-0.39, 0.29) is 47.9 Å². The summed E-state index contributed by atoms with van der Waals surface area (Å²) in [5.74, 6) is 0.286. The molecule has 0 amide bonds. The summed E-state index contributed by atoms with van der Waals surface area (Å²) in [5.41, 5.74) is 8.57. The van der Waals surface area contributed by atoms with E-state index >= 15 is 0 Å². The number of hydrogen-bond donors (Lipinski definition) is 1. The third-order valence-corrected chi connectivity index (χ3v) is 11.7. The molecule has 50 heavy (non-hydrogen) atoms. The number of carbonyl (C=O) groups excluding carboxylic acids is 1. The molecule has 0 saturated carbocycles. The molecule has 1 radical (unpaired) electrons. The molecule has 4 nitrogen and oxygen atoms in total. The van der Waals surface area contributed by atoms with Gasteiger partial charge in [-0.05, 0) is 77.5 Å². The molecule has 6 aromatic rings. The Bertz CT molecular complexity index is 2200. The Kier molecular flexibility index (Phi) is 10.6. The second-order valence-corrected chi connectivity index (χ2v) is 14.6. The van der Waals surface area contributed by atoms with Gasteiger partial charge in [-0.25, -0.2) is 0 Å². The van der Waals surface area contributed by atoms with Crippen molar-refractivity contribution < 1.29 is 30.0 Å². The van der Waals surface area contributed by atoms with Gasteiger partial charge in [0.2, 0.25) is 0 Å². The van der Waals surface area contributed by atoms with Gasteiger partial charge in [0, 0.05) is 53.6 Å². The molecule has 2 aromatic heterocycles. The summed E-state index contributed by atoms with van der Waals surface area (Å²) in [6.45, 7) is 16.7. The average molecular weight is 842 g/mol. The molecule has 261 valence electrons. The van der Waals surface area contributed by atoms with E-state index in [2.05, 4.69) is 115 Å². The van der Waals surface area contributed by atoms with Crippen LogP contribution >= 0.6 is 0 Å². The smallest absolute Gasteiger partial charge is 0.164 e. The number of allylic oxidation sites excluding steroid dienone is 2. The second-order valence-electron chi connectivity index (χ2n) is 14.6. The van der Waals surface area contributed by atoms with Crippen LogP contribution in [0.5, 0.6) is 0 Å². The number of ketones is 1. The summed E-state index contributed by atoms with van der Waals surface area (Å²) in [7, 11) is 0. The van der Waals surface area contributed by atoms with Gasteiger partial charge in [-0.1, -0.05) is 121 Å². The summed E-state index contributed by atoms with van der Waals surface area (Å²) in [6, 6.07) is 35.9. The SMILES string of the molecule is CC1(C)c2cc3ccccc3nc2-c2[c-]ccc3c2c2c1cccc2n3-c1ccccc1.CCC(C)(CC)C(=O)/C=C(\O)C(C)(CC)CC.[Ir]. The fourth-order valence-electron chi connectivity index (χ4n) is 7.22. The van der Waals surface area contributed by atoms with E-state index in [9.17, 15) is 9.90 Å². The van der Waals surface area contributed by atoms with Crippen LogP contribution in [0.25, 0.3) is 49.7 Å². The summed E-state index contributed by atoms with van der Waals surface area (Å²) < 4.78 is 2.38. The van der Waals surface area contributed by atoms with Crippen LogP contribution in [0.2, 0.25) is 0 Å². The Balaban J connectivity index is 0.000000234. The third-order valence-electron chi connectivity index (χ3n) is 11.7. The molecule has 1 N–H and O–H groups in total. The minimum Gasteiger partial charge on any atom is -0.512 e. The van der Waals surface area contributed by atoms with Crippen molar-refractivity contribution in [1.82, 2.24) is 9.55 Å². The first-order valence-electron chi connectivity index (χ1n) is 17.8. The molecule has 0 unspecified atom stereocenters. The van der Waals surface area contributed by atoms with Crippen molar-refractivity contribution in [2.24, 2.45) is 10.8 Å². The number of nitrogens with zero attached hydrogens (tertiary/aromatic N) is 2. The number of aromatic nitrogens is 2. The number of rotatable bonds is 8. The van der Waals surface area contributed by atoms with Gasteiger partial charge >= 0.3 is 0 Å². The van der Waals surface area contributed by atoms with Gasteiger partial charge < -0.3 is 9.67 Å². The van der Waals surface area contributed by atoms with Crippen LogP contribution in [0, 0.1) is 16.9 Å². The molecule has 0 aliphatic heterocycles. The number of carbonyl (C=O) groups is 1. The molecule has 7 rings (SSSR count). The third kappa shape index (κ3) is 6.14. The molecule has 5 heteroatoms. The zero-order valence-electron chi connectivity index (χ0n) is 30.6. The molecule has 4 aromatic carbocycles. The zero-order chi connectivity index (χ0) is 35.1. The van der Waals surface area contributed by atoms with Crippen molar-refractivity contribution in [3.8, 4) is 16.9 Å². The number of fused-ring (bicyclic) bond motifs is 3. The van der Waals surface area contributed by atoms with E-state index < -0.39 is 0 Å². The van der Waals surface area contributed by atoms with E-state index in [0.717, 1.165) is 42.5 Å². The fraction of sp³-hybridized carbons (Fsp3) is 0.333. The van der Waals surface area contributed by atoms with Gasteiger partial charge in [-0.15, -0.1) is 23.8 Å². The summed E-state index contributed by atoms with van der Waals surface area (Å²) >= 11 is 0. The molecular weight excluding hydrogens is 793 g/mol. The van der Waals surface area contributed by atoms with E-state index in [4.69, 9.17) is 4.98 Å². The van der Waals surface area contributed by atoms with Crippen LogP contribution in [0.15, 0.2) is 103 Å². The number of hydrogen-bond acceptors (Lipinski definition) is 3. The topological polar surface area (TPSA) is 55.1 Å². The van der Waals surface area contributed by atoms with E-state index in [1.165, 1.54) is 50.1 Å². The van der Waals surface area contributed by atoms with Crippen LogP contribution in [0.1, 0.15) is 92.2 Å². The van der Waals surface area contributed by atoms with E-state index in [1.807, 2.05) is 41.5 Å². The first kappa shape index (κ1) is 37.2. The van der Waals surface area contributed by atoms with Crippen LogP contribution in [0.3, 0.4) is 0 Å². The van der Waals surface area contributed by atoms with E-state index in [0.29, 0.717) is 0 Å². The standard InChI is InChI=1S/C30H21N2.C15H28O2.Ir/c1-30(2)22-14-9-17-26-28(22)27-21(29-23(30)18-19-10-6-7-15-24(19)31-29)13-8-16-25(27)32(26)20-11-4-3-5-12-20;1-7-14(5,8-2)12(16)11-13(17)15(6,9-3)10-4;/h3-12,14-18H,1-2H3;11,16H,7-10H2,1-6H3;/q-1;;/b;12-11-;. The Morgan fingerprint density at radius 1 is 0.800 bits per heavy atom. The van der Waals surface area contributed by atoms with Crippen molar-refractivity contribution >= 4 is 38.5 Å². The molecule has 1 aliphatic rings. The molecule has 0 fully saturated rings. The molecule has 0 saturated heterocycles. The maximum absolute atomic E-state index is 12.2. The number of para-hydroxylation sites is 2. The quantitative estimate of drug-likeness (QED) is 0.0943. The Morgan fingerprint density at radius 2 is 1.42 bits per heavy atom. The molecular formula is C45H49IrN2O2-. The monoisotopic (exact) mass is 842 g/mol. The minimum absolute atomic E-state index is 0. The maximum atomic E-state index is 12.2. The first-order valence-corrected chi connectivity index (χ1v) is 17.8. The van der Waals surface area contributed by atoms with Crippen LogP contribution < -0.4 is 0 Å². The normalized spacial score (nSPS) is 13.8. The average Bonchev–Trinajstić information content (AvgIpc) is 3.45. The predicted molar refractivity (Wildman–Crippen MR) is 206 cm³/mol. The second kappa shape index (κ2) is 14.3. The minimum atomic E-state index is -0.337. The largest absolute Gasteiger partial charge is 0.512 e. The zero-order valence-corrected chi connectivity index (χ0v) is 33.0. The molecule has 0 bridgehead atoms. The van der Waals surface area contributed by atoms with Crippen molar-refractivity contribution in [3.05, 3.63) is 120 Å². The fourth-order valence-corrected chi connectivity index (χ4v) is 7.22. The number of pyridine rings is 1. The van der Waals surface area contributed by atoms with Gasteiger partial charge in [0.1, 0.15) is 5.76 Å². The Labute approximate surface area is 311 Å². The number of benzene rings is 4. The summed E-state index contributed by atoms with van der Waals surface area (Å²) in [6.07, 6.45) is 4.75. The predicted octanol–water partition coefficient (Wildman–Crippen LogP) is 12.1. The Morgan fingerprint density at radius 3 is 2.08 bits per heavy atom. The van der Waals surface area contributed by atoms with Crippen molar-refractivity contribution in [3.63, 3.8) is 0 Å². The number of aliphatic hydroxyl groups is 1. The number of aliphatic hydroxyl groups excluding tert-OH is 1. The van der Waals surface area contributed by atoms with Gasteiger partial charge in [-0.2, -0.15) is 0 Å². The van der Waals surface area contributed by atoms with Gasteiger partial charge in [0.25, 0.3) is 0 Å². The van der Waals surface area contributed by atoms with Gasteiger partial charge in [-0.3, -0.25) is 9.78 Å². The molecule has 0 spiro atoms. The van der Waals surface area contributed by atoms with E-state index in [1.54, 1.807) is 0 Å². The molecule has 0 atom stereocenters. The van der Waals surface area contributed by atoms with Crippen LogP contribution in [-0.4, -0.2) is 20.4 Å². The van der Waals surface area contributed by atoms with Crippen molar-refractivity contribution in [1.29, 1.82) is 0 Å². The molecule has 1 aliphatic carbocycles. The van der Waals surface area contributed by atoms with Crippen LogP contribution in [0.4, 0.5) is 0 Å². The van der Waals surface area contributed by atoms with Gasteiger partial charge in [0.15, 0.2) is 5.78 Å². The summed E-state index contributed by atoms with van der Waals surface area (Å²) in [5, 5.41) is 13.9. The molecule has 2 heterocycles. The first-order chi connectivity index (χ1) is 23.4. The van der Waals surface area contributed by atoms with Crippen molar-refractivity contribution in [2.75, 3.05) is 0 Å². The van der Waals surface area contributed by atoms with Crippen molar-refractivity contribution in [2.45, 2.75) is 86.5 Å². The van der Waals surface area contributed by atoms with Gasteiger partial charge in [0.05, 0.1) is 5.52 Å². The Hall–Kier alpha value is -4.05. The summed E-state index contributed by atoms with van der Waals surface area (Å²) in [4.78, 5) is 17.4. The van der Waals surface area contributed by atoms with Crippen LogP contribution in [-0.2, 0) is 30.3 Å².